The first kappa shape index (κ1) is 12.8. The van der Waals surface area contributed by atoms with E-state index in [0.717, 1.165) is 9.26 Å². The lowest BCUT2D eigenvalue weighted by Gasteiger charge is -2.20. The van der Waals surface area contributed by atoms with Gasteiger partial charge in [-0.3, -0.25) is 0 Å². The van der Waals surface area contributed by atoms with Gasteiger partial charge >= 0.3 is 0 Å². The predicted molar refractivity (Wildman–Crippen MR) is 76.0 cm³/mol. The molecule has 0 unspecified atom stereocenters. The molecule has 17 heavy (non-hydrogen) atoms. The van der Waals surface area contributed by atoms with Crippen LogP contribution in [0.3, 0.4) is 0 Å². The first-order valence-electron chi connectivity index (χ1n) is 5.13. The van der Waals surface area contributed by atoms with Gasteiger partial charge in [-0.2, -0.15) is 0 Å². The van der Waals surface area contributed by atoms with Crippen LogP contribution in [0.4, 0.5) is 0 Å². The molecule has 6 heteroatoms. The molecular formula is C11H12ClIN4. The van der Waals surface area contributed by atoms with Crippen LogP contribution in [0.1, 0.15) is 26.5 Å². The number of halogens is 2. The van der Waals surface area contributed by atoms with E-state index in [0.29, 0.717) is 16.8 Å². The van der Waals surface area contributed by atoms with Crippen LogP contribution >= 0.6 is 34.2 Å². The summed E-state index contributed by atoms with van der Waals surface area (Å²) < 4.78 is 0.895. The van der Waals surface area contributed by atoms with Gasteiger partial charge in [-0.15, -0.1) is 0 Å². The number of nitrogens with one attached hydrogen (secondary N) is 1. The maximum Gasteiger partial charge on any atom is 0.197 e. The topological polar surface area (TPSA) is 54.5 Å². The van der Waals surface area contributed by atoms with Crippen molar-refractivity contribution < 1.29 is 0 Å². The summed E-state index contributed by atoms with van der Waals surface area (Å²) in [5, 5.41) is 0.469. The highest BCUT2D eigenvalue weighted by molar-refractivity contribution is 14.1. The first-order valence-corrected chi connectivity index (χ1v) is 6.58. The minimum atomic E-state index is -0.0789. The zero-order valence-corrected chi connectivity index (χ0v) is 12.7. The number of rotatable bonds is 1. The summed E-state index contributed by atoms with van der Waals surface area (Å²) in [7, 11) is 0. The Balaban J connectivity index is 2.62. The van der Waals surface area contributed by atoms with Gasteiger partial charge in [0.1, 0.15) is 5.15 Å². The van der Waals surface area contributed by atoms with Crippen molar-refractivity contribution in [3.05, 3.63) is 26.8 Å². The summed E-state index contributed by atoms with van der Waals surface area (Å²) in [6.07, 6.45) is 3.41. The van der Waals surface area contributed by atoms with Gasteiger partial charge in [0.15, 0.2) is 11.6 Å². The maximum absolute atomic E-state index is 6.14. The van der Waals surface area contributed by atoms with E-state index >= 15 is 0 Å². The van der Waals surface area contributed by atoms with E-state index in [9.17, 15) is 0 Å². The molecule has 0 saturated heterocycles. The van der Waals surface area contributed by atoms with Crippen molar-refractivity contribution in [2.45, 2.75) is 26.2 Å². The van der Waals surface area contributed by atoms with Crippen molar-refractivity contribution in [2.24, 2.45) is 0 Å². The molecule has 2 aromatic heterocycles. The summed E-state index contributed by atoms with van der Waals surface area (Å²) in [5.41, 5.74) is 0.856. The van der Waals surface area contributed by atoms with Gasteiger partial charge in [-0.05, 0) is 22.6 Å². The van der Waals surface area contributed by atoms with E-state index in [-0.39, 0.29) is 5.41 Å². The Morgan fingerprint density at radius 2 is 2.00 bits per heavy atom. The van der Waals surface area contributed by atoms with Crippen molar-refractivity contribution >= 4 is 34.2 Å². The second kappa shape index (κ2) is 4.53. The van der Waals surface area contributed by atoms with Gasteiger partial charge in [0.2, 0.25) is 0 Å². The number of hydrogen-bond acceptors (Lipinski definition) is 3. The number of imidazole rings is 1. The van der Waals surface area contributed by atoms with Gasteiger partial charge in [0.05, 0.1) is 9.26 Å². The summed E-state index contributed by atoms with van der Waals surface area (Å²) in [6, 6.07) is 0. The fourth-order valence-electron chi connectivity index (χ4n) is 1.41. The number of hydrogen-bond donors (Lipinski definition) is 1. The molecule has 0 saturated carbocycles. The minimum Gasteiger partial charge on any atom is -0.342 e. The summed E-state index contributed by atoms with van der Waals surface area (Å²) in [4.78, 5) is 15.9. The largest absolute Gasteiger partial charge is 0.342 e. The number of H-pyrrole nitrogens is 1. The first-order chi connectivity index (χ1) is 7.89. The van der Waals surface area contributed by atoms with Crippen LogP contribution in [0, 0.1) is 3.57 Å². The molecule has 0 aromatic carbocycles. The summed E-state index contributed by atoms with van der Waals surface area (Å²) in [6.45, 7) is 6.29. The molecule has 2 heterocycles. The molecule has 0 atom stereocenters. The van der Waals surface area contributed by atoms with Crippen LogP contribution in [0.5, 0.6) is 0 Å². The third kappa shape index (κ3) is 2.60. The Morgan fingerprint density at radius 1 is 1.29 bits per heavy atom. The van der Waals surface area contributed by atoms with Crippen LogP contribution in [0.2, 0.25) is 5.15 Å². The molecule has 0 aliphatic rings. The molecule has 0 aliphatic heterocycles. The van der Waals surface area contributed by atoms with Gasteiger partial charge in [-0.25, -0.2) is 15.0 Å². The second-order valence-corrected chi connectivity index (χ2v) is 6.13. The Hall–Kier alpha value is -0.690. The highest BCUT2D eigenvalue weighted by Gasteiger charge is 2.23. The number of aromatic amines is 1. The normalized spacial score (nSPS) is 11.8. The van der Waals surface area contributed by atoms with Gasteiger partial charge in [0, 0.05) is 17.8 Å². The van der Waals surface area contributed by atoms with E-state index in [2.05, 4.69) is 63.3 Å². The summed E-state index contributed by atoms with van der Waals surface area (Å²) in [5.74, 6) is 1.17. The van der Waals surface area contributed by atoms with E-state index in [1.807, 2.05) is 0 Å². The minimum absolute atomic E-state index is 0.0789. The molecule has 0 bridgehead atoms. The van der Waals surface area contributed by atoms with Crippen LogP contribution in [-0.4, -0.2) is 19.9 Å². The van der Waals surface area contributed by atoms with Crippen LogP contribution < -0.4 is 0 Å². The van der Waals surface area contributed by atoms with Gasteiger partial charge < -0.3 is 4.98 Å². The molecule has 0 radical (unpaired) electrons. The van der Waals surface area contributed by atoms with Crippen LogP contribution in [0.25, 0.3) is 11.6 Å². The van der Waals surface area contributed by atoms with Crippen LogP contribution in [-0.2, 0) is 5.41 Å². The lowest BCUT2D eigenvalue weighted by Crippen LogP contribution is -2.17. The van der Waals surface area contributed by atoms with Crippen molar-refractivity contribution in [1.82, 2.24) is 19.9 Å². The number of aromatic nitrogens is 4. The average Bonchev–Trinajstić information content (AvgIpc) is 2.73. The lowest BCUT2D eigenvalue weighted by molar-refractivity contribution is 0.563. The highest BCUT2D eigenvalue weighted by atomic mass is 127. The highest BCUT2D eigenvalue weighted by Crippen LogP contribution is 2.30. The molecule has 0 amide bonds. The van der Waals surface area contributed by atoms with Crippen molar-refractivity contribution in [1.29, 1.82) is 0 Å². The molecule has 2 rings (SSSR count). The monoisotopic (exact) mass is 362 g/mol. The molecule has 2 aromatic rings. The SMILES string of the molecule is CC(C)(C)c1nc(-c2ncc[nH]2)nc(Cl)c1I. The van der Waals surface area contributed by atoms with Gasteiger partial charge in [0.25, 0.3) is 0 Å². The quantitative estimate of drug-likeness (QED) is 0.625. The molecule has 0 spiro atoms. The smallest absolute Gasteiger partial charge is 0.197 e. The molecule has 0 aliphatic carbocycles. The van der Waals surface area contributed by atoms with Crippen molar-refractivity contribution in [3.63, 3.8) is 0 Å². The zero-order valence-electron chi connectivity index (χ0n) is 9.75. The fourth-order valence-corrected chi connectivity index (χ4v) is 2.63. The molecule has 0 fully saturated rings. The van der Waals surface area contributed by atoms with Gasteiger partial charge in [-0.1, -0.05) is 32.4 Å². The fraction of sp³-hybridized carbons (Fsp3) is 0.364. The molecule has 1 N–H and O–H groups in total. The van der Waals surface area contributed by atoms with E-state index in [4.69, 9.17) is 11.6 Å². The lowest BCUT2D eigenvalue weighted by atomic mass is 9.92. The van der Waals surface area contributed by atoms with Crippen LogP contribution in [0.15, 0.2) is 12.4 Å². The molecular weight excluding hydrogens is 351 g/mol. The third-order valence-electron chi connectivity index (χ3n) is 2.23. The second-order valence-electron chi connectivity index (χ2n) is 4.69. The Labute approximate surface area is 118 Å². The average molecular weight is 363 g/mol. The number of nitrogens with zero attached hydrogens (tertiary/aromatic N) is 3. The Morgan fingerprint density at radius 3 is 2.53 bits per heavy atom. The zero-order chi connectivity index (χ0) is 12.6. The molecule has 90 valence electrons. The third-order valence-corrected chi connectivity index (χ3v) is 3.85. The molecule has 4 nitrogen and oxygen atoms in total. The predicted octanol–water partition coefficient (Wildman–Crippen LogP) is 3.42. The van der Waals surface area contributed by atoms with Crippen molar-refractivity contribution in [3.8, 4) is 11.6 Å². The standard InChI is InChI=1S/C11H12ClIN4/c1-11(2,3)7-6(13)8(12)17-10(16-7)9-14-4-5-15-9/h4-5H,1-3H3,(H,14,15). The van der Waals surface area contributed by atoms with Crippen molar-refractivity contribution in [2.75, 3.05) is 0 Å². The maximum atomic E-state index is 6.14. The van der Waals surface area contributed by atoms with E-state index in [1.165, 1.54) is 0 Å². The van der Waals surface area contributed by atoms with E-state index in [1.54, 1.807) is 12.4 Å². The summed E-state index contributed by atoms with van der Waals surface area (Å²) >= 11 is 8.32. The van der Waals surface area contributed by atoms with E-state index < -0.39 is 0 Å². The Bertz CT molecular complexity index is 531. The Kier molecular flexibility index (Phi) is 3.40.